The fraction of sp³-hybridized carbons (Fsp3) is 0.364. The van der Waals surface area contributed by atoms with Crippen LogP contribution in [0, 0.1) is 11.6 Å². The molecule has 1 atom stereocenters. The van der Waals surface area contributed by atoms with Crippen LogP contribution in [0.1, 0.15) is 18.5 Å². The Hall–Kier alpha value is -3.00. The molecule has 1 heterocycles. The van der Waals surface area contributed by atoms with Crippen molar-refractivity contribution in [2.75, 3.05) is 39.3 Å². The third-order valence-corrected chi connectivity index (χ3v) is 5.02. The molecule has 0 aromatic heterocycles. The summed E-state index contributed by atoms with van der Waals surface area (Å²) in [6, 6.07) is 11.3. The van der Waals surface area contributed by atoms with Crippen molar-refractivity contribution in [1.82, 2.24) is 15.1 Å². The zero-order chi connectivity index (χ0) is 21.5. The number of ether oxygens (including phenoxy) is 1. The first-order chi connectivity index (χ1) is 14.4. The summed E-state index contributed by atoms with van der Waals surface area (Å²) < 4.78 is 31.3. The second kappa shape index (κ2) is 10.2. The molecule has 2 amide bonds. The molecule has 0 radical (unpaired) electrons. The lowest BCUT2D eigenvalue weighted by Gasteiger charge is -2.34. The molecule has 1 unspecified atom stereocenters. The lowest BCUT2D eigenvalue weighted by atomic mass is 10.1. The van der Waals surface area contributed by atoms with Gasteiger partial charge in [-0.1, -0.05) is 12.1 Å². The normalized spacial score (nSPS) is 15.5. The molecule has 6 nitrogen and oxygen atoms in total. The number of nitrogens with zero attached hydrogens (tertiary/aromatic N) is 2. The number of piperazine rings is 1. The van der Waals surface area contributed by atoms with E-state index in [0.717, 1.165) is 5.56 Å². The van der Waals surface area contributed by atoms with E-state index in [9.17, 15) is 18.4 Å². The fourth-order valence-electron chi connectivity index (χ4n) is 3.25. The van der Waals surface area contributed by atoms with Crippen molar-refractivity contribution in [2.24, 2.45) is 0 Å². The summed E-state index contributed by atoms with van der Waals surface area (Å²) in [4.78, 5) is 28.3. The van der Waals surface area contributed by atoms with Gasteiger partial charge in [-0.25, -0.2) is 8.78 Å². The predicted octanol–water partition coefficient (Wildman–Crippen LogP) is 2.37. The summed E-state index contributed by atoms with van der Waals surface area (Å²) in [6.07, 6.45) is 0. The molecule has 0 bridgehead atoms. The molecule has 160 valence electrons. The first-order valence-corrected chi connectivity index (χ1v) is 9.84. The van der Waals surface area contributed by atoms with Gasteiger partial charge in [-0.2, -0.15) is 0 Å². The Bertz CT molecular complexity index is 851. The lowest BCUT2D eigenvalue weighted by molar-refractivity contribution is -0.135. The Morgan fingerprint density at radius 1 is 0.967 bits per heavy atom. The zero-order valence-corrected chi connectivity index (χ0v) is 16.8. The number of hydrogen-bond donors (Lipinski definition) is 1. The number of nitrogens with one attached hydrogen (secondary N) is 1. The minimum absolute atomic E-state index is 0.110. The number of carbonyl (C=O) groups is 2. The average Bonchev–Trinajstić information content (AvgIpc) is 2.74. The van der Waals surface area contributed by atoms with Crippen LogP contribution >= 0.6 is 0 Å². The minimum Gasteiger partial charge on any atom is -0.484 e. The Labute approximate surface area is 174 Å². The Balaban J connectivity index is 1.38. The van der Waals surface area contributed by atoms with Crippen LogP contribution in [0.2, 0.25) is 0 Å². The molecular formula is C22H25F2N3O3. The van der Waals surface area contributed by atoms with E-state index in [2.05, 4.69) is 5.32 Å². The highest BCUT2D eigenvalue weighted by atomic mass is 19.1. The monoisotopic (exact) mass is 417 g/mol. The minimum atomic E-state index is -0.360. The molecule has 3 rings (SSSR count). The van der Waals surface area contributed by atoms with Gasteiger partial charge in [0.1, 0.15) is 17.4 Å². The number of amides is 2. The summed E-state index contributed by atoms with van der Waals surface area (Å²) in [5.74, 6) is -0.497. The maximum absolute atomic E-state index is 13.0. The van der Waals surface area contributed by atoms with Gasteiger partial charge in [-0.05, 0) is 48.9 Å². The van der Waals surface area contributed by atoms with Crippen LogP contribution in [-0.2, 0) is 9.59 Å². The standard InChI is InChI=1S/C22H25F2N3O3/c1-16(17-2-4-18(23)5-3-17)25-21(28)14-26-10-12-27(13-11-26)22(29)15-30-20-8-6-19(24)7-9-20/h2-9,16H,10-15H2,1H3,(H,25,28). The van der Waals surface area contributed by atoms with Crippen molar-refractivity contribution in [1.29, 1.82) is 0 Å². The first-order valence-electron chi connectivity index (χ1n) is 9.84. The summed E-state index contributed by atoms with van der Waals surface area (Å²) >= 11 is 0. The Kier molecular flexibility index (Phi) is 7.35. The van der Waals surface area contributed by atoms with Crippen LogP contribution in [0.4, 0.5) is 8.78 Å². The number of benzene rings is 2. The predicted molar refractivity (Wildman–Crippen MR) is 108 cm³/mol. The second-order valence-electron chi connectivity index (χ2n) is 7.24. The molecule has 2 aromatic carbocycles. The van der Waals surface area contributed by atoms with E-state index in [1.807, 2.05) is 11.8 Å². The molecule has 1 saturated heterocycles. The van der Waals surface area contributed by atoms with Gasteiger partial charge in [0.25, 0.3) is 5.91 Å². The third kappa shape index (κ3) is 6.25. The van der Waals surface area contributed by atoms with Gasteiger partial charge < -0.3 is 15.0 Å². The molecule has 8 heteroatoms. The van der Waals surface area contributed by atoms with E-state index < -0.39 is 0 Å². The second-order valence-corrected chi connectivity index (χ2v) is 7.24. The van der Waals surface area contributed by atoms with Gasteiger partial charge in [0.2, 0.25) is 5.91 Å². The maximum Gasteiger partial charge on any atom is 0.260 e. The molecule has 0 spiro atoms. The van der Waals surface area contributed by atoms with Gasteiger partial charge in [-0.3, -0.25) is 14.5 Å². The molecule has 1 N–H and O–H groups in total. The van der Waals surface area contributed by atoms with Gasteiger partial charge in [0, 0.05) is 26.2 Å². The van der Waals surface area contributed by atoms with Crippen molar-refractivity contribution < 1.29 is 23.1 Å². The van der Waals surface area contributed by atoms with E-state index in [0.29, 0.717) is 31.9 Å². The summed E-state index contributed by atoms with van der Waals surface area (Å²) in [7, 11) is 0. The van der Waals surface area contributed by atoms with Crippen molar-refractivity contribution in [3.8, 4) is 5.75 Å². The molecule has 1 aliphatic heterocycles. The number of hydrogen-bond acceptors (Lipinski definition) is 4. The van der Waals surface area contributed by atoms with Crippen molar-refractivity contribution in [2.45, 2.75) is 13.0 Å². The van der Waals surface area contributed by atoms with Crippen LogP contribution in [0.3, 0.4) is 0 Å². The molecule has 0 saturated carbocycles. The molecule has 1 aliphatic rings. The van der Waals surface area contributed by atoms with E-state index in [1.165, 1.54) is 36.4 Å². The van der Waals surface area contributed by atoms with Gasteiger partial charge >= 0.3 is 0 Å². The van der Waals surface area contributed by atoms with E-state index in [4.69, 9.17) is 4.74 Å². The van der Waals surface area contributed by atoms with Gasteiger partial charge in [0.15, 0.2) is 6.61 Å². The summed E-state index contributed by atoms with van der Waals surface area (Å²) in [5, 5.41) is 2.91. The van der Waals surface area contributed by atoms with E-state index >= 15 is 0 Å². The highest BCUT2D eigenvalue weighted by Gasteiger charge is 2.23. The summed E-state index contributed by atoms with van der Waals surface area (Å²) in [6.45, 7) is 4.16. The highest BCUT2D eigenvalue weighted by molar-refractivity contribution is 5.79. The summed E-state index contributed by atoms with van der Waals surface area (Å²) in [5.41, 5.74) is 0.835. The van der Waals surface area contributed by atoms with Crippen LogP contribution in [-0.4, -0.2) is 60.9 Å². The van der Waals surface area contributed by atoms with Crippen LogP contribution in [0.25, 0.3) is 0 Å². The van der Waals surface area contributed by atoms with Crippen LogP contribution in [0.15, 0.2) is 48.5 Å². The third-order valence-electron chi connectivity index (χ3n) is 5.02. The Morgan fingerprint density at radius 2 is 1.53 bits per heavy atom. The number of carbonyl (C=O) groups excluding carboxylic acids is 2. The van der Waals surface area contributed by atoms with Crippen molar-refractivity contribution >= 4 is 11.8 Å². The van der Waals surface area contributed by atoms with Gasteiger partial charge in [0.05, 0.1) is 12.6 Å². The quantitative estimate of drug-likeness (QED) is 0.752. The van der Waals surface area contributed by atoms with Crippen molar-refractivity contribution in [3.05, 3.63) is 65.7 Å². The Morgan fingerprint density at radius 3 is 2.13 bits per heavy atom. The largest absolute Gasteiger partial charge is 0.484 e. The number of halogens is 2. The lowest BCUT2D eigenvalue weighted by Crippen LogP contribution is -2.52. The molecule has 1 fully saturated rings. The van der Waals surface area contributed by atoms with Gasteiger partial charge in [-0.15, -0.1) is 0 Å². The SMILES string of the molecule is CC(NC(=O)CN1CCN(C(=O)COc2ccc(F)cc2)CC1)c1ccc(F)cc1. The molecule has 0 aliphatic carbocycles. The fourth-order valence-corrected chi connectivity index (χ4v) is 3.25. The maximum atomic E-state index is 13.0. The van der Waals surface area contributed by atoms with E-state index in [-0.39, 0.29) is 42.6 Å². The molecule has 2 aromatic rings. The topological polar surface area (TPSA) is 61.9 Å². The van der Waals surface area contributed by atoms with Crippen molar-refractivity contribution in [3.63, 3.8) is 0 Å². The smallest absolute Gasteiger partial charge is 0.260 e. The zero-order valence-electron chi connectivity index (χ0n) is 16.8. The first kappa shape index (κ1) is 21.7. The molecule has 30 heavy (non-hydrogen) atoms. The molecular weight excluding hydrogens is 392 g/mol. The van der Waals surface area contributed by atoms with E-state index in [1.54, 1.807) is 17.0 Å². The van der Waals surface area contributed by atoms with Crippen LogP contribution < -0.4 is 10.1 Å². The highest BCUT2D eigenvalue weighted by Crippen LogP contribution is 2.13. The number of rotatable bonds is 7. The average molecular weight is 417 g/mol. The van der Waals surface area contributed by atoms with Crippen LogP contribution in [0.5, 0.6) is 5.75 Å².